The summed E-state index contributed by atoms with van der Waals surface area (Å²) >= 11 is 5.20. The van der Waals surface area contributed by atoms with E-state index in [1.54, 1.807) is 4.90 Å². The third-order valence-corrected chi connectivity index (χ3v) is 3.57. The van der Waals surface area contributed by atoms with Gasteiger partial charge in [-0.05, 0) is 12.2 Å². The quantitative estimate of drug-likeness (QED) is 0.775. The lowest BCUT2D eigenvalue weighted by Crippen LogP contribution is -2.49. The highest BCUT2D eigenvalue weighted by Crippen LogP contribution is 2.18. The van der Waals surface area contributed by atoms with Crippen molar-refractivity contribution < 1.29 is 4.79 Å². The molecule has 0 bridgehead atoms. The first kappa shape index (κ1) is 12.7. The lowest BCUT2D eigenvalue weighted by molar-refractivity contribution is -0.130. The number of nitrogens with zero attached hydrogens (tertiary/aromatic N) is 4. The maximum atomic E-state index is 11.8. The van der Waals surface area contributed by atoms with Crippen LogP contribution in [0, 0.1) is 0 Å². The van der Waals surface area contributed by atoms with Gasteiger partial charge in [0.25, 0.3) is 0 Å². The van der Waals surface area contributed by atoms with E-state index in [2.05, 4.69) is 15.4 Å². The van der Waals surface area contributed by atoms with Gasteiger partial charge in [0, 0.05) is 19.5 Å². The molecule has 1 unspecified atom stereocenters. The first-order chi connectivity index (χ1) is 9.58. The van der Waals surface area contributed by atoms with Crippen LogP contribution in [-0.2, 0) is 4.79 Å². The van der Waals surface area contributed by atoms with E-state index in [-0.39, 0.29) is 5.91 Å². The third-order valence-electron chi connectivity index (χ3n) is 3.18. The lowest BCUT2D eigenvalue weighted by Gasteiger charge is -2.27. The molecule has 1 fully saturated rings. The van der Waals surface area contributed by atoms with Gasteiger partial charge in [-0.25, -0.2) is 10.0 Å². The van der Waals surface area contributed by atoms with Gasteiger partial charge in [0.2, 0.25) is 5.91 Å². The summed E-state index contributed by atoms with van der Waals surface area (Å²) in [5.74, 6) is 1.02. The van der Waals surface area contributed by atoms with E-state index in [1.807, 2.05) is 37.4 Å². The Labute approximate surface area is 121 Å². The number of hydrogen-bond acceptors (Lipinski definition) is 4. The molecule has 0 aromatic heterocycles. The number of likely N-dealkylation sites (N-methyl/N-ethyl adjacent to an activating group) is 1. The summed E-state index contributed by atoms with van der Waals surface area (Å²) in [6.45, 7) is 1.47. The Balaban J connectivity index is 2.07. The van der Waals surface area contributed by atoms with Gasteiger partial charge >= 0.3 is 0 Å². The van der Waals surface area contributed by atoms with Crippen LogP contribution in [0.2, 0.25) is 0 Å². The zero-order chi connectivity index (χ0) is 14.3. The molecule has 102 valence electrons. The van der Waals surface area contributed by atoms with E-state index < -0.39 is 6.17 Å². The van der Waals surface area contributed by atoms with Crippen LogP contribution in [0.25, 0.3) is 0 Å². The molecule has 0 radical (unpaired) electrons. The fourth-order valence-corrected chi connectivity index (χ4v) is 2.33. The van der Waals surface area contributed by atoms with Crippen molar-refractivity contribution >= 4 is 34.9 Å². The van der Waals surface area contributed by atoms with Crippen LogP contribution < -0.4 is 5.32 Å². The van der Waals surface area contributed by atoms with Crippen LogP contribution in [0.5, 0.6) is 0 Å². The Morgan fingerprint density at radius 3 is 2.70 bits per heavy atom. The minimum absolute atomic E-state index is 0.165. The monoisotopic (exact) mass is 287 g/mol. The van der Waals surface area contributed by atoms with Gasteiger partial charge in [0.15, 0.2) is 22.9 Å². The number of benzene rings is 1. The van der Waals surface area contributed by atoms with E-state index in [1.165, 1.54) is 11.9 Å². The molecule has 0 aliphatic carbocycles. The average molecular weight is 287 g/mol. The second-order valence-electron chi connectivity index (χ2n) is 4.53. The van der Waals surface area contributed by atoms with Crippen molar-refractivity contribution in [3.63, 3.8) is 0 Å². The molecule has 1 aromatic carbocycles. The molecule has 1 saturated heterocycles. The van der Waals surface area contributed by atoms with E-state index in [0.29, 0.717) is 16.8 Å². The normalized spacial score (nSPS) is 21.1. The predicted molar refractivity (Wildman–Crippen MR) is 80.2 cm³/mol. The number of nitrogens with one attached hydrogen (secondary N) is 1. The molecular weight excluding hydrogens is 274 g/mol. The second-order valence-corrected chi connectivity index (χ2v) is 4.92. The standard InChI is InChI=1S/C13H13N5OS/c1-8(19)18-12-11(17(2)13(20)15-12)14-10(16-18)9-6-4-3-5-7-9/h3-7,12H,1-2H3,(H,15,20). The van der Waals surface area contributed by atoms with Crippen molar-refractivity contribution in [1.29, 1.82) is 0 Å². The average Bonchev–Trinajstić information content (AvgIpc) is 2.74. The molecule has 6 nitrogen and oxygen atoms in total. The minimum atomic E-state index is -0.419. The number of hydrogen-bond donors (Lipinski definition) is 1. The predicted octanol–water partition coefficient (Wildman–Crippen LogP) is 0.755. The van der Waals surface area contributed by atoms with Crippen LogP contribution >= 0.6 is 12.2 Å². The lowest BCUT2D eigenvalue weighted by atomic mass is 10.2. The number of hydrazone groups is 1. The largest absolute Gasteiger partial charge is 0.334 e. The van der Waals surface area contributed by atoms with Crippen LogP contribution in [-0.4, -0.2) is 45.8 Å². The topological polar surface area (TPSA) is 60.3 Å². The number of amidine groups is 2. The smallest absolute Gasteiger partial charge is 0.242 e. The highest BCUT2D eigenvalue weighted by atomic mass is 32.1. The van der Waals surface area contributed by atoms with Crippen LogP contribution in [0.1, 0.15) is 12.5 Å². The van der Waals surface area contributed by atoms with Gasteiger partial charge in [-0.3, -0.25) is 4.79 Å². The van der Waals surface area contributed by atoms with Crippen molar-refractivity contribution in [3.8, 4) is 0 Å². The molecule has 2 aliphatic heterocycles. The summed E-state index contributed by atoms with van der Waals surface area (Å²) in [5, 5.41) is 9.27. The first-order valence-electron chi connectivity index (χ1n) is 6.14. The van der Waals surface area contributed by atoms with Crippen molar-refractivity contribution in [2.24, 2.45) is 10.1 Å². The Bertz CT molecular complexity index is 639. The number of rotatable bonds is 1. The first-order valence-corrected chi connectivity index (χ1v) is 6.55. The molecular formula is C13H13N5OS. The maximum absolute atomic E-state index is 11.8. The van der Waals surface area contributed by atoms with Crippen molar-refractivity contribution in [3.05, 3.63) is 35.9 Å². The summed E-state index contributed by atoms with van der Waals surface area (Å²) in [6, 6.07) is 9.54. The van der Waals surface area contributed by atoms with Crippen LogP contribution in [0.15, 0.2) is 40.4 Å². The molecule has 1 aromatic rings. The molecule has 1 amide bonds. The van der Waals surface area contributed by atoms with Gasteiger partial charge < -0.3 is 10.2 Å². The number of aliphatic imine (C=N–C) groups is 1. The van der Waals surface area contributed by atoms with E-state index in [4.69, 9.17) is 12.2 Å². The van der Waals surface area contributed by atoms with Crippen LogP contribution in [0.4, 0.5) is 0 Å². The fourth-order valence-electron chi connectivity index (χ4n) is 2.12. The second kappa shape index (κ2) is 4.68. The highest BCUT2D eigenvalue weighted by molar-refractivity contribution is 7.80. The molecule has 2 aliphatic rings. The van der Waals surface area contributed by atoms with Crippen molar-refractivity contribution in [2.45, 2.75) is 13.1 Å². The molecule has 1 N–H and O–H groups in total. The minimum Gasteiger partial charge on any atom is -0.334 e. The molecule has 0 saturated carbocycles. The third kappa shape index (κ3) is 1.96. The Kier molecular flexibility index (Phi) is 2.98. The van der Waals surface area contributed by atoms with Gasteiger partial charge in [0.1, 0.15) is 0 Å². The van der Waals surface area contributed by atoms with E-state index in [9.17, 15) is 4.79 Å². The summed E-state index contributed by atoms with van der Waals surface area (Å²) in [5.41, 5.74) is 0.857. The van der Waals surface area contributed by atoms with Gasteiger partial charge in [-0.15, -0.1) is 5.10 Å². The van der Waals surface area contributed by atoms with Gasteiger partial charge in [0.05, 0.1) is 0 Å². The fraction of sp³-hybridized carbons (Fsp3) is 0.231. The SMILES string of the molecule is CC(=O)N1N=C(c2ccccc2)N=C2C1NC(=S)N2C. The number of carbonyl (C=O) groups excluding carboxylic acids is 1. The molecule has 1 atom stereocenters. The van der Waals surface area contributed by atoms with Gasteiger partial charge in [-0.1, -0.05) is 30.3 Å². The number of carbonyl (C=O) groups is 1. The number of thiocarbonyl (C=S) groups is 1. The number of fused-ring (bicyclic) bond motifs is 1. The Morgan fingerprint density at radius 2 is 2.05 bits per heavy atom. The number of amides is 1. The molecule has 3 rings (SSSR count). The summed E-state index contributed by atoms with van der Waals surface area (Å²) < 4.78 is 0. The zero-order valence-electron chi connectivity index (χ0n) is 11.1. The van der Waals surface area contributed by atoms with Crippen molar-refractivity contribution in [2.75, 3.05) is 7.05 Å². The summed E-state index contributed by atoms with van der Waals surface area (Å²) in [6.07, 6.45) is -0.419. The van der Waals surface area contributed by atoms with E-state index >= 15 is 0 Å². The Hall–Kier alpha value is -2.28. The maximum Gasteiger partial charge on any atom is 0.242 e. The van der Waals surface area contributed by atoms with E-state index in [0.717, 1.165) is 5.56 Å². The zero-order valence-corrected chi connectivity index (χ0v) is 11.9. The molecule has 20 heavy (non-hydrogen) atoms. The molecule has 2 heterocycles. The Morgan fingerprint density at radius 1 is 1.35 bits per heavy atom. The van der Waals surface area contributed by atoms with Crippen molar-refractivity contribution in [1.82, 2.24) is 15.2 Å². The highest BCUT2D eigenvalue weighted by Gasteiger charge is 2.39. The molecule has 7 heteroatoms. The molecule has 0 spiro atoms. The summed E-state index contributed by atoms with van der Waals surface area (Å²) in [7, 11) is 1.82. The van der Waals surface area contributed by atoms with Crippen LogP contribution in [0.3, 0.4) is 0 Å². The summed E-state index contributed by atoms with van der Waals surface area (Å²) in [4.78, 5) is 18.1. The van der Waals surface area contributed by atoms with Gasteiger partial charge in [-0.2, -0.15) is 0 Å².